The Labute approximate surface area is 124 Å². The quantitative estimate of drug-likeness (QED) is 0.770. The summed E-state index contributed by atoms with van der Waals surface area (Å²) in [5, 5.41) is 4.18. The van der Waals surface area contributed by atoms with Crippen LogP contribution in [0.5, 0.6) is 0 Å². The van der Waals surface area contributed by atoms with Crippen LogP contribution in [0.15, 0.2) is 35.5 Å². The molecule has 1 atom stereocenters. The van der Waals surface area contributed by atoms with E-state index in [9.17, 15) is 4.39 Å². The first-order valence-electron chi connectivity index (χ1n) is 7.17. The third-order valence-corrected chi connectivity index (χ3v) is 3.97. The average molecular weight is 286 g/mol. The van der Waals surface area contributed by atoms with Crippen molar-refractivity contribution >= 4 is 5.71 Å². The van der Waals surface area contributed by atoms with E-state index in [1.54, 1.807) is 7.11 Å². The molecule has 110 valence electrons. The molecule has 0 bridgehead atoms. The minimum atomic E-state index is -0.215. The Balaban J connectivity index is 2.16. The fraction of sp³-hybridized carbons (Fsp3) is 0.353. The van der Waals surface area contributed by atoms with Gasteiger partial charge in [0.15, 0.2) is 0 Å². The first-order chi connectivity index (χ1) is 10.1. The minimum Gasteiger partial charge on any atom is -0.399 e. The highest BCUT2D eigenvalue weighted by Gasteiger charge is 2.26. The van der Waals surface area contributed by atoms with E-state index in [1.807, 2.05) is 12.1 Å². The highest BCUT2D eigenvalue weighted by atomic mass is 19.1. The molecule has 3 nitrogen and oxygen atoms in total. The van der Waals surface area contributed by atoms with Crippen molar-refractivity contribution in [2.24, 2.45) is 11.1 Å². The first kappa shape index (κ1) is 13.9. The van der Waals surface area contributed by atoms with Crippen LogP contribution >= 0.6 is 0 Å². The Bertz CT molecular complexity index is 686. The van der Waals surface area contributed by atoms with Crippen LogP contribution in [0.4, 0.5) is 4.39 Å². The van der Waals surface area contributed by atoms with Gasteiger partial charge in [-0.2, -0.15) is 0 Å². The molecule has 1 heterocycles. The summed E-state index contributed by atoms with van der Waals surface area (Å²) in [6, 6.07) is 8.77. The topological polar surface area (TPSA) is 26.5 Å². The predicted molar refractivity (Wildman–Crippen MR) is 81.5 cm³/mol. The van der Waals surface area contributed by atoms with Crippen molar-refractivity contribution in [3.63, 3.8) is 0 Å². The van der Waals surface area contributed by atoms with Crippen LogP contribution in [0, 0.1) is 18.7 Å². The lowest BCUT2D eigenvalue weighted by atomic mass is 9.87. The number of nitrogens with zero attached hydrogens (tertiary/aromatic N) is 2. The van der Waals surface area contributed by atoms with Crippen molar-refractivity contribution < 1.29 is 9.23 Å². The van der Waals surface area contributed by atoms with Gasteiger partial charge in [-0.25, -0.2) is 4.39 Å². The van der Waals surface area contributed by atoms with Crippen LogP contribution in [0.2, 0.25) is 0 Å². The predicted octanol–water partition coefficient (Wildman–Crippen LogP) is 3.86. The molecule has 0 saturated heterocycles. The van der Waals surface area contributed by atoms with E-state index < -0.39 is 0 Å². The summed E-state index contributed by atoms with van der Waals surface area (Å²) in [6.45, 7) is 4.28. The van der Waals surface area contributed by atoms with Crippen LogP contribution in [0.25, 0.3) is 5.69 Å². The maximum absolute atomic E-state index is 13.1. The van der Waals surface area contributed by atoms with Gasteiger partial charge in [0.25, 0.3) is 0 Å². The second-order valence-corrected chi connectivity index (χ2v) is 5.69. The number of benzene rings is 1. The summed E-state index contributed by atoms with van der Waals surface area (Å²) in [6.07, 6.45) is 1.91. The standard InChI is InChI=1S/C17H19FN2O/c1-11-8-16(19-21-3)15-10-12(2)20(17(15)9-11)14-6-4-13(18)5-7-14/h4-7,10-11H,8-9H2,1-3H3/b19-16-. The Morgan fingerprint density at radius 3 is 2.62 bits per heavy atom. The van der Waals surface area contributed by atoms with Gasteiger partial charge < -0.3 is 9.40 Å². The van der Waals surface area contributed by atoms with Crippen molar-refractivity contribution in [2.75, 3.05) is 7.11 Å². The number of aromatic nitrogens is 1. The monoisotopic (exact) mass is 286 g/mol. The zero-order chi connectivity index (χ0) is 15.0. The Morgan fingerprint density at radius 1 is 1.24 bits per heavy atom. The third kappa shape index (κ3) is 2.46. The zero-order valence-electron chi connectivity index (χ0n) is 12.6. The van der Waals surface area contributed by atoms with E-state index in [-0.39, 0.29) is 5.82 Å². The molecular weight excluding hydrogens is 267 g/mol. The molecule has 0 fully saturated rings. The molecule has 0 radical (unpaired) electrons. The normalized spacial score (nSPS) is 19.6. The number of hydrogen-bond donors (Lipinski definition) is 0. The van der Waals surface area contributed by atoms with Crippen LogP contribution in [-0.4, -0.2) is 17.4 Å². The first-order valence-corrected chi connectivity index (χ1v) is 7.17. The molecule has 21 heavy (non-hydrogen) atoms. The summed E-state index contributed by atoms with van der Waals surface area (Å²) in [7, 11) is 1.58. The molecule has 1 aromatic heterocycles. The van der Waals surface area contributed by atoms with Crippen molar-refractivity contribution in [2.45, 2.75) is 26.7 Å². The fourth-order valence-corrected chi connectivity index (χ4v) is 3.13. The Hall–Kier alpha value is -2.10. The Kier molecular flexibility index (Phi) is 3.53. The lowest BCUT2D eigenvalue weighted by Crippen LogP contribution is -2.20. The molecule has 0 spiro atoms. The van der Waals surface area contributed by atoms with Gasteiger partial charge in [0, 0.05) is 22.6 Å². The van der Waals surface area contributed by atoms with E-state index >= 15 is 0 Å². The van der Waals surface area contributed by atoms with Crippen LogP contribution < -0.4 is 0 Å². The van der Waals surface area contributed by atoms with Crippen LogP contribution in [0.1, 0.15) is 30.3 Å². The summed E-state index contributed by atoms with van der Waals surface area (Å²) in [5.41, 5.74) is 5.49. The maximum atomic E-state index is 13.1. The number of oxime groups is 1. The summed E-state index contributed by atoms with van der Waals surface area (Å²) < 4.78 is 15.3. The second kappa shape index (κ2) is 5.35. The van der Waals surface area contributed by atoms with E-state index in [1.165, 1.54) is 17.8 Å². The van der Waals surface area contributed by atoms with E-state index in [0.717, 1.165) is 35.5 Å². The molecule has 0 aliphatic heterocycles. The van der Waals surface area contributed by atoms with Gasteiger partial charge in [-0.1, -0.05) is 12.1 Å². The molecule has 1 aromatic carbocycles. The fourth-order valence-electron chi connectivity index (χ4n) is 3.13. The van der Waals surface area contributed by atoms with Crippen molar-refractivity contribution in [3.8, 4) is 5.69 Å². The SMILES string of the molecule is CO/N=C1/CC(C)Cc2c1cc(C)n2-c1ccc(F)cc1. The lowest BCUT2D eigenvalue weighted by Gasteiger charge is -2.22. The molecule has 1 aliphatic carbocycles. The second-order valence-electron chi connectivity index (χ2n) is 5.69. The average Bonchev–Trinajstić information content (AvgIpc) is 2.77. The molecule has 4 heteroatoms. The smallest absolute Gasteiger partial charge is 0.123 e. The molecule has 1 unspecified atom stereocenters. The molecule has 1 aliphatic rings. The highest BCUT2D eigenvalue weighted by molar-refractivity contribution is 6.02. The summed E-state index contributed by atoms with van der Waals surface area (Å²) in [5.74, 6) is 0.298. The van der Waals surface area contributed by atoms with Gasteiger partial charge in [0.05, 0.1) is 5.71 Å². The largest absolute Gasteiger partial charge is 0.399 e. The van der Waals surface area contributed by atoms with Gasteiger partial charge >= 0.3 is 0 Å². The van der Waals surface area contributed by atoms with Crippen molar-refractivity contribution in [3.05, 3.63) is 53.1 Å². The number of rotatable bonds is 2. The van der Waals surface area contributed by atoms with Crippen molar-refractivity contribution in [1.29, 1.82) is 0 Å². The van der Waals surface area contributed by atoms with Gasteiger partial charge in [0.1, 0.15) is 12.9 Å². The van der Waals surface area contributed by atoms with E-state index in [4.69, 9.17) is 4.84 Å². The number of halogens is 1. The number of hydrogen-bond acceptors (Lipinski definition) is 2. The van der Waals surface area contributed by atoms with Crippen LogP contribution in [-0.2, 0) is 11.3 Å². The van der Waals surface area contributed by atoms with Gasteiger partial charge in [-0.15, -0.1) is 0 Å². The molecule has 3 rings (SSSR count). The third-order valence-electron chi connectivity index (χ3n) is 3.97. The minimum absolute atomic E-state index is 0.215. The summed E-state index contributed by atoms with van der Waals surface area (Å²) in [4.78, 5) is 4.99. The number of aryl methyl sites for hydroxylation is 1. The zero-order valence-corrected chi connectivity index (χ0v) is 12.6. The van der Waals surface area contributed by atoms with E-state index in [2.05, 4.69) is 29.6 Å². The molecule has 2 aromatic rings. The molecule has 0 amide bonds. The van der Waals surface area contributed by atoms with Gasteiger partial charge in [-0.05, 0) is 56.0 Å². The van der Waals surface area contributed by atoms with Crippen LogP contribution in [0.3, 0.4) is 0 Å². The number of fused-ring (bicyclic) bond motifs is 1. The van der Waals surface area contributed by atoms with Crippen molar-refractivity contribution in [1.82, 2.24) is 4.57 Å². The van der Waals surface area contributed by atoms with E-state index in [0.29, 0.717) is 5.92 Å². The van der Waals surface area contributed by atoms with Gasteiger partial charge in [-0.3, -0.25) is 0 Å². The molecular formula is C17H19FN2O. The maximum Gasteiger partial charge on any atom is 0.123 e. The lowest BCUT2D eigenvalue weighted by molar-refractivity contribution is 0.212. The molecule has 0 saturated carbocycles. The highest BCUT2D eigenvalue weighted by Crippen LogP contribution is 2.31. The van der Waals surface area contributed by atoms with Gasteiger partial charge in [0.2, 0.25) is 0 Å². The summed E-state index contributed by atoms with van der Waals surface area (Å²) >= 11 is 0. The molecule has 0 N–H and O–H groups in total. The Morgan fingerprint density at radius 2 is 1.95 bits per heavy atom.